The summed E-state index contributed by atoms with van der Waals surface area (Å²) in [5.74, 6) is -1.02. The van der Waals surface area contributed by atoms with Crippen LogP contribution < -0.4 is 0 Å². The normalized spacial score (nSPS) is 16.7. The van der Waals surface area contributed by atoms with Crippen LogP contribution in [0.15, 0.2) is 48.7 Å². The summed E-state index contributed by atoms with van der Waals surface area (Å²) in [7, 11) is 0. The summed E-state index contributed by atoms with van der Waals surface area (Å²) < 4.78 is 7.25. The van der Waals surface area contributed by atoms with E-state index in [9.17, 15) is 9.90 Å². The van der Waals surface area contributed by atoms with Crippen molar-refractivity contribution in [1.82, 2.24) is 14.3 Å². The highest BCUT2D eigenvalue weighted by molar-refractivity contribution is 5.94. The fourth-order valence-electron chi connectivity index (χ4n) is 3.52. The molecule has 0 spiro atoms. The molecule has 6 heteroatoms. The third-order valence-corrected chi connectivity index (χ3v) is 4.99. The number of nitrogens with zero attached hydrogens (tertiary/aromatic N) is 3. The van der Waals surface area contributed by atoms with Crippen molar-refractivity contribution in [3.63, 3.8) is 0 Å². The van der Waals surface area contributed by atoms with Crippen molar-refractivity contribution in [2.24, 2.45) is 0 Å². The summed E-state index contributed by atoms with van der Waals surface area (Å²) in [5.41, 5.74) is 3.37. The van der Waals surface area contributed by atoms with Gasteiger partial charge in [0.1, 0.15) is 5.65 Å². The number of aromatic nitrogens is 2. The highest BCUT2D eigenvalue weighted by atomic mass is 16.5. The number of rotatable bonds is 4. The largest absolute Gasteiger partial charge is 0.476 e. The van der Waals surface area contributed by atoms with Gasteiger partial charge in [-0.15, -0.1) is 0 Å². The minimum Gasteiger partial charge on any atom is -0.476 e. The third-order valence-electron chi connectivity index (χ3n) is 4.99. The van der Waals surface area contributed by atoms with Gasteiger partial charge in [-0.25, -0.2) is 9.78 Å². The van der Waals surface area contributed by atoms with Gasteiger partial charge in [0, 0.05) is 30.9 Å². The molecule has 6 nitrogen and oxygen atoms in total. The molecule has 4 rings (SSSR count). The molecule has 1 aliphatic rings. The van der Waals surface area contributed by atoms with Gasteiger partial charge in [0.2, 0.25) is 0 Å². The van der Waals surface area contributed by atoms with E-state index in [0.717, 1.165) is 31.9 Å². The maximum atomic E-state index is 11.7. The first-order valence-electron chi connectivity index (χ1n) is 8.77. The lowest BCUT2D eigenvalue weighted by atomic mass is 10.0. The fourth-order valence-corrected chi connectivity index (χ4v) is 3.52. The number of carbonyl (C=O) groups is 1. The molecule has 0 radical (unpaired) electrons. The molecule has 134 valence electrons. The first-order valence-corrected chi connectivity index (χ1v) is 8.77. The highest BCUT2D eigenvalue weighted by Gasteiger charge is 2.21. The number of benzene rings is 1. The van der Waals surface area contributed by atoms with E-state index in [2.05, 4.69) is 28.9 Å². The van der Waals surface area contributed by atoms with Crippen LogP contribution in [-0.2, 0) is 4.74 Å². The Kier molecular flexibility index (Phi) is 4.44. The number of fused-ring (bicyclic) bond motifs is 1. The number of pyridine rings is 1. The van der Waals surface area contributed by atoms with Crippen LogP contribution in [0.25, 0.3) is 16.9 Å². The zero-order valence-electron chi connectivity index (χ0n) is 14.6. The van der Waals surface area contributed by atoms with Crippen LogP contribution in [0, 0.1) is 0 Å². The van der Waals surface area contributed by atoms with Gasteiger partial charge in [-0.3, -0.25) is 9.30 Å². The molecule has 26 heavy (non-hydrogen) atoms. The van der Waals surface area contributed by atoms with Crippen molar-refractivity contribution in [2.75, 3.05) is 26.3 Å². The lowest BCUT2D eigenvalue weighted by Gasteiger charge is -2.32. The minimum atomic E-state index is -1.02. The van der Waals surface area contributed by atoms with E-state index >= 15 is 0 Å². The molecule has 1 fully saturated rings. The van der Waals surface area contributed by atoms with Gasteiger partial charge in [0.25, 0.3) is 0 Å². The number of hydrogen-bond acceptors (Lipinski definition) is 4. The number of aromatic carboxylic acids is 1. The van der Waals surface area contributed by atoms with E-state index in [1.165, 1.54) is 5.56 Å². The Morgan fingerprint density at radius 3 is 2.58 bits per heavy atom. The van der Waals surface area contributed by atoms with Crippen LogP contribution >= 0.6 is 0 Å². The number of ether oxygens (including phenoxy) is 1. The zero-order valence-corrected chi connectivity index (χ0v) is 14.6. The van der Waals surface area contributed by atoms with Crippen molar-refractivity contribution in [1.29, 1.82) is 0 Å². The predicted octanol–water partition coefficient (Wildman–Crippen LogP) is 3.09. The Labute approximate surface area is 151 Å². The average molecular weight is 351 g/mol. The van der Waals surface area contributed by atoms with Crippen molar-refractivity contribution in [3.8, 4) is 11.3 Å². The van der Waals surface area contributed by atoms with Crippen LogP contribution in [0.3, 0.4) is 0 Å². The molecule has 1 N–H and O–H groups in total. The van der Waals surface area contributed by atoms with E-state index in [4.69, 9.17) is 4.74 Å². The van der Waals surface area contributed by atoms with Gasteiger partial charge in [-0.2, -0.15) is 0 Å². The second kappa shape index (κ2) is 6.90. The number of hydrogen-bond donors (Lipinski definition) is 1. The molecule has 0 aliphatic carbocycles. The molecule has 1 aromatic carbocycles. The zero-order chi connectivity index (χ0) is 18.1. The first kappa shape index (κ1) is 16.8. The molecular formula is C20H21N3O3. The molecule has 1 atom stereocenters. The monoisotopic (exact) mass is 351 g/mol. The Balaban J connectivity index is 1.70. The molecular weight excluding hydrogens is 330 g/mol. The summed E-state index contributed by atoms with van der Waals surface area (Å²) in [6, 6.07) is 13.9. The maximum Gasteiger partial charge on any atom is 0.356 e. The Morgan fingerprint density at radius 1 is 1.15 bits per heavy atom. The van der Waals surface area contributed by atoms with Gasteiger partial charge in [0.15, 0.2) is 5.69 Å². The predicted molar refractivity (Wildman–Crippen MR) is 98.4 cm³/mol. The van der Waals surface area contributed by atoms with Gasteiger partial charge in [-0.1, -0.05) is 30.3 Å². The lowest BCUT2D eigenvalue weighted by Crippen LogP contribution is -2.37. The van der Waals surface area contributed by atoms with Crippen LogP contribution in [0.1, 0.15) is 29.0 Å². The molecule has 3 aromatic rings. The second-order valence-corrected chi connectivity index (χ2v) is 6.49. The molecule has 0 bridgehead atoms. The number of carboxylic acid groups (broad SMARTS) is 1. The number of imidazole rings is 1. The Hall–Kier alpha value is -2.70. The number of morpholine rings is 1. The fraction of sp³-hybridized carbons (Fsp3) is 0.300. The highest BCUT2D eigenvalue weighted by Crippen LogP contribution is 2.28. The van der Waals surface area contributed by atoms with Crippen molar-refractivity contribution < 1.29 is 14.6 Å². The topological polar surface area (TPSA) is 67.1 Å². The van der Waals surface area contributed by atoms with E-state index in [1.54, 1.807) is 0 Å². The summed E-state index contributed by atoms with van der Waals surface area (Å²) in [4.78, 5) is 18.3. The van der Waals surface area contributed by atoms with Crippen LogP contribution in [0.2, 0.25) is 0 Å². The second-order valence-electron chi connectivity index (χ2n) is 6.49. The summed E-state index contributed by atoms with van der Waals surface area (Å²) >= 11 is 0. The summed E-state index contributed by atoms with van der Waals surface area (Å²) in [6.07, 6.45) is 1.84. The van der Waals surface area contributed by atoms with Gasteiger partial charge < -0.3 is 9.84 Å². The van der Waals surface area contributed by atoms with Crippen LogP contribution in [0.4, 0.5) is 0 Å². The standard InChI is InChI=1S/C20H21N3O3/c1-14(22-10-12-26-13-11-22)15-5-7-16(8-6-15)19-18(20(24)25)21-17-4-2-3-9-23(17)19/h2-9,14H,10-13H2,1H3,(H,24,25)/t14-/m1/s1. The smallest absolute Gasteiger partial charge is 0.356 e. The van der Waals surface area contributed by atoms with Gasteiger partial charge in [-0.05, 0) is 24.6 Å². The van der Waals surface area contributed by atoms with Gasteiger partial charge in [0.05, 0.1) is 18.9 Å². The van der Waals surface area contributed by atoms with Crippen molar-refractivity contribution in [3.05, 3.63) is 59.9 Å². The van der Waals surface area contributed by atoms with E-state index in [1.807, 2.05) is 40.9 Å². The molecule has 2 aromatic heterocycles. The number of carboxylic acids is 1. The Bertz CT molecular complexity index is 927. The lowest BCUT2D eigenvalue weighted by molar-refractivity contribution is 0.0198. The van der Waals surface area contributed by atoms with Crippen molar-refractivity contribution >= 4 is 11.6 Å². The van der Waals surface area contributed by atoms with Crippen LogP contribution in [0.5, 0.6) is 0 Å². The SMILES string of the molecule is C[C@H](c1ccc(-c2c(C(=O)O)nc3ccccn23)cc1)N1CCOCC1. The quantitative estimate of drug-likeness (QED) is 0.782. The van der Waals surface area contributed by atoms with Gasteiger partial charge >= 0.3 is 5.97 Å². The minimum absolute atomic E-state index is 0.0742. The third kappa shape index (κ3) is 2.98. The Morgan fingerprint density at radius 2 is 1.88 bits per heavy atom. The van der Waals surface area contributed by atoms with E-state index < -0.39 is 5.97 Å². The summed E-state index contributed by atoms with van der Waals surface area (Å²) in [5, 5.41) is 9.55. The average Bonchev–Trinajstić information content (AvgIpc) is 3.08. The molecule has 0 saturated carbocycles. The molecule has 1 saturated heterocycles. The first-order chi connectivity index (χ1) is 12.6. The van der Waals surface area contributed by atoms with E-state index in [-0.39, 0.29) is 5.69 Å². The molecule has 0 unspecified atom stereocenters. The van der Waals surface area contributed by atoms with Crippen molar-refractivity contribution in [2.45, 2.75) is 13.0 Å². The molecule has 3 heterocycles. The molecule has 0 amide bonds. The van der Waals surface area contributed by atoms with E-state index in [0.29, 0.717) is 17.4 Å². The maximum absolute atomic E-state index is 11.7. The summed E-state index contributed by atoms with van der Waals surface area (Å²) in [6.45, 7) is 5.59. The molecule has 1 aliphatic heterocycles. The van der Waals surface area contributed by atoms with Crippen LogP contribution in [-0.4, -0.2) is 51.7 Å².